The maximum atomic E-state index is 10.7. The molecule has 0 aliphatic rings. The summed E-state index contributed by atoms with van der Waals surface area (Å²) in [6.07, 6.45) is 5.38. The summed E-state index contributed by atoms with van der Waals surface area (Å²) in [5.41, 5.74) is 2.68. The third-order valence-corrected chi connectivity index (χ3v) is 3.02. The number of benzene rings is 1. The molecule has 0 aliphatic heterocycles. The number of oxazole rings is 1. The Labute approximate surface area is 111 Å². The smallest absolute Gasteiger partial charge is 0.306 e. The van der Waals surface area contributed by atoms with Crippen molar-refractivity contribution >= 4 is 23.1 Å². The third kappa shape index (κ3) is 3.44. The lowest BCUT2D eigenvalue weighted by atomic mass is 10.1. The number of carbonyl (C=O) groups is 1. The van der Waals surface area contributed by atoms with Gasteiger partial charge in [0.1, 0.15) is 5.52 Å². The van der Waals surface area contributed by atoms with E-state index in [1.54, 1.807) is 6.92 Å². The number of allylic oxidation sites excluding steroid dienone is 1. The molecule has 1 unspecified atom stereocenters. The summed E-state index contributed by atoms with van der Waals surface area (Å²) in [7, 11) is 0. The van der Waals surface area contributed by atoms with Gasteiger partial charge in [0.25, 0.3) is 0 Å². The van der Waals surface area contributed by atoms with E-state index in [4.69, 9.17) is 9.52 Å². The van der Waals surface area contributed by atoms with E-state index in [0.717, 1.165) is 23.1 Å². The van der Waals surface area contributed by atoms with Gasteiger partial charge in [0, 0.05) is 6.92 Å². The van der Waals surface area contributed by atoms with E-state index >= 15 is 0 Å². The highest BCUT2D eigenvalue weighted by Gasteiger charge is 2.08. The van der Waals surface area contributed by atoms with Gasteiger partial charge in [0.15, 0.2) is 11.5 Å². The van der Waals surface area contributed by atoms with Crippen LogP contribution in [0.5, 0.6) is 0 Å². The monoisotopic (exact) mass is 259 g/mol. The first-order chi connectivity index (χ1) is 9.06. The fourth-order valence-electron chi connectivity index (χ4n) is 1.85. The fourth-order valence-corrected chi connectivity index (χ4v) is 1.85. The highest BCUT2D eigenvalue weighted by Crippen LogP contribution is 2.18. The van der Waals surface area contributed by atoms with Crippen LogP contribution in [-0.4, -0.2) is 16.1 Å². The van der Waals surface area contributed by atoms with Gasteiger partial charge in [-0.25, -0.2) is 4.98 Å². The zero-order valence-corrected chi connectivity index (χ0v) is 11.1. The van der Waals surface area contributed by atoms with Crippen molar-refractivity contribution in [3.63, 3.8) is 0 Å². The Bertz CT molecular complexity index is 613. The summed E-state index contributed by atoms with van der Waals surface area (Å²) in [6, 6.07) is 5.82. The number of carboxylic acids is 1. The van der Waals surface area contributed by atoms with Crippen molar-refractivity contribution in [3.05, 3.63) is 35.7 Å². The van der Waals surface area contributed by atoms with Crippen LogP contribution in [0.3, 0.4) is 0 Å². The zero-order chi connectivity index (χ0) is 13.8. The van der Waals surface area contributed by atoms with Crippen LogP contribution >= 0.6 is 0 Å². The van der Waals surface area contributed by atoms with Gasteiger partial charge in [-0.1, -0.05) is 25.1 Å². The van der Waals surface area contributed by atoms with E-state index in [2.05, 4.69) is 4.98 Å². The van der Waals surface area contributed by atoms with Crippen LogP contribution < -0.4 is 0 Å². The highest BCUT2D eigenvalue weighted by molar-refractivity contribution is 5.76. The first-order valence-corrected chi connectivity index (χ1v) is 6.33. The average molecular weight is 259 g/mol. The van der Waals surface area contributed by atoms with Crippen molar-refractivity contribution < 1.29 is 14.3 Å². The molecule has 1 aromatic carbocycles. The van der Waals surface area contributed by atoms with Gasteiger partial charge in [0.05, 0.1) is 5.92 Å². The second-order valence-electron chi connectivity index (χ2n) is 4.68. The van der Waals surface area contributed by atoms with Gasteiger partial charge >= 0.3 is 5.97 Å². The molecule has 0 fully saturated rings. The molecule has 4 heteroatoms. The van der Waals surface area contributed by atoms with E-state index in [0.29, 0.717) is 12.3 Å². The van der Waals surface area contributed by atoms with Gasteiger partial charge in [-0.15, -0.1) is 0 Å². The second-order valence-corrected chi connectivity index (χ2v) is 4.68. The Balaban J connectivity index is 1.98. The highest BCUT2D eigenvalue weighted by atomic mass is 16.4. The standard InChI is InChI=1S/C15H17NO3/c1-10(15(17)18)5-3-4-6-12-7-8-14-13(9-12)16-11(2)19-14/h4,6-10H,3,5H2,1-2H3,(H,17,18)/b6-4+. The van der Waals surface area contributed by atoms with Gasteiger partial charge in [-0.3, -0.25) is 4.79 Å². The normalized spacial score (nSPS) is 13.2. The van der Waals surface area contributed by atoms with Gasteiger partial charge in [-0.2, -0.15) is 0 Å². The molecule has 0 saturated heterocycles. The second kappa shape index (κ2) is 5.69. The summed E-state index contributed by atoms with van der Waals surface area (Å²) in [6.45, 7) is 3.54. The SMILES string of the molecule is Cc1nc2cc(/C=C/CCC(C)C(=O)O)ccc2o1. The number of aromatic nitrogens is 1. The van der Waals surface area contributed by atoms with Gasteiger partial charge < -0.3 is 9.52 Å². The first kappa shape index (κ1) is 13.3. The molecule has 0 aliphatic carbocycles. The van der Waals surface area contributed by atoms with Crippen LogP contribution in [0.4, 0.5) is 0 Å². The predicted molar refractivity (Wildman–Crippen MR) is 73.8 cm³/mol. The molecule has 0 bridgehead atoms. The number of fused-ring (bicyclic) bond motifs is 1. The average Bonchev–Trinajstić information content (AvgIpc) is 2.73. The first-order valence-electron chi connectivity index (χ1n) is 6.33. The molecule has 0 saturated carbocycles. The van der Waals surface area contributed by atoms with Crippen LogP contribution in [0.2, 0.25) is 0 Å². The van der Waals surface area contributed by atoms with E-state index in [9.17, 15) is 4.79 Å². The molecular weight excluding hydrogens is 242 g/mol. The van der Waals surface area contributed by atoms with E-state index < -0.39 is 5.97 Å². The summed E-state index contributed by atoms with van der Waals surface area (Å²) in [5, 5.41) is 8.78. The Hall–Kier alpha value is -2.10. The number of aryl methyl sites for hydroxylation is 1. The maximum Gasteiger partial charge on any atom is 0.306 e. The van der Waals surface area contributed by atoms with Gasteiger partial charge in [0.2, 0.25) is 0 Å². The number of hydrogen-bond donors (Lipinski definition) is 1. The van der Waals surface area contributed by atoms with Crippen molar-refractivity contribution in [3.8, 4) is 0 Å². The molecule has 1 atom stereocenters. The zero-order valence-electron chi connectivity index (χ0n) is 11.1. The molecule has 0 radical (unpaired) electrons. The minimum absolute atomic E-state index is 0.301. The number of hydrogen-bond acceptors (Lipinski definition) is 3. The van der Waals surface area contributed by atoms with E-state index in [1.807, 2.05) is 37.3 Å². The summed E-state index contributed by atoms with van der Waals surface area (Å²) < 4.78 is 5.41. The number of rotatable bonds is 5. The molecule has 100 valence electrons. The van der Waals surface area contributed by atoms with E-state index in [-0.39, 0.29) is 5.92 Å². The third-order valence-electron chi connectivity index (χ3n) is 3.02. The molecule has 19 heavy (non-hydrogen) atoms. The lowest BCUT2D eigenvalue weighted by molar-refractivity contribution is -0.141. The van der Waals surface area contributed by atoms with Crippen molar-refractivity contribution in [2.75, 3.05) is 0 Å². The van der Waals surface area contributed by atoms with Gasteiger partial charge in [-0.05, 0) is 30.5 Å². The van der Waals surface area contributed by atoms with Crippen molar-refractivity contribution in [1.29, 1.82) is 0 Å². The summed E-state index contributed by atoms with van der Waals surface area (Å²) in [5.74, 6) is -0.385. The molecule has 4 nitrogen and oxygen atoms in total. The van der Waals surface area contributed by atoms with Crippen LogP contribution in [0, 0.1) is 12.8 Å². The Morgan fingerprint density at radius 3 is 3.05 bits per heavy atom. The minimum atomic E-state index is -0.743. The van der Waals surface area contributed by atoms with Crippen LogP contribution in [0.15, 0.2) is 28.7 Å². The maximum absolute atomic E-state index is 10.7. The lowest BCUT2D eigenvalue weighted by Gasteiger charge is -2.01. The van der Waals surface area contributed by atoms with Crippen molar-refractivity contribution in [2.24, 2.45) is 5.92 Å². The van der Waals surface area contributed by atoms with Crippen LogP contribution in [-0.2, 0) is 4.79 Å². The quantitative estimate of drug-likeness (QED) is 0.890. The number of aliphatic carboxylic acids is 1. The molecule has 2 rings (SSSR count). The van der Waals surface area contributed by atoms with Crippen LogP contribution in [0.1, 0.15) is 31.2 Å². The van der Waals surface area contributed by atoms with Crippen LogP contribution in [0.25, 0.3) is 17.2 Å². The Morgan fingerprint density at radius 1 is 1.53 bits per heavy atom. The topological polar surface area (TPSA) is 63.3 Å². The number of carboxylic acid groups (broad SMARTS) is 1. The molecule has 2 aromatic rings. The molecule has 0 amide bonds. The fraction of sp³-hybridized carbons (Fsp3) is 0.333. The Morgan fingerprint density at radius 2 is 2.32 bits per heavy atom. The summed E-state index contributed by atoms with van der Waals surface area (Å²) >= 11 is 0. The molecular formula is C15H17NO3. The Kier molecular flexibility index (Phi) is 4.00. The van der Waals surface area contributed by atoms with Crippen molar-refractivity contribution in [1.82, 2.24) is 4.98 Å². The largest absolute Gasteiger partial charge is 0.481 e. The lowest BCUT2D eigenvalue weighted by Crippen LogP contribution is -2.08. The molecule has 1 N–H and O–H groups in total. The predicted octanol–water partition coefficient (Wildman–Crippen LogP) is 3.65. The van der Waals surface area contributed by atoms with E-state index in [1.165, 1.54) is 0 Å². The molecule has 1 aromatic heterocycles. The van der Waals surface area contributed by atoms with Crippen molar-refractivity contribution in [2.45, 2.75) is 26.7 Å². The molecule has 1 heterocycles. The summed E-state index contributed by atoms with van der Waals surface area (Å²) in [4.78, 5) is 14.9. The molecule has 0 spiro atoms. The minimum Gasteiger partial charge on any atom is -0.481 e. The number of nitrogens with zero attached hydrogens (tertiary/aromatic N) is 1.